The lowest BCUT2D eigenvalue weighted by molar-refractivity contribution is -0.144. The predicted molar refractivity (Wildman–Crippen MR) is 144 cm³/mol. The Morgan fingerprint density at radius 2 is 2.10 bits per heavy atom. The lowest BCUT2D eigenvalue weighted by Gasteiger charge is -2.27. The molecule has 0 unspecified atom stereocenters. The van der Waals surface area contributed by atoms with E-state index in [9.17, 15) is 18.9 Å². The van der Waals surface area contributed by atoms with E-state index in [1.54, 1.807) is 32.2 Å². The van der Waals surface area contributed by atoms with E-state index in [0.29, 0.717) is 11.3 Å². The van der Waals surface area contributed by atoms with Crippen LogP contribution >= 0.6 is 19.3 Å². The second-order valence-electron chi connectivity index (χ2n) is 8.84. The molecule has 0 amide bonds. The zero-order chi connectivity index (χ0) is 29.1. The summed E-state index contributed by atoms with van der Waals surface area (Å²) < 4.78 is 51.6. The number of fused-ring (bicyclic) bond motifs is 1. The molecule has 1 fully saturated rings. The molecule has 0 saturated carbocycles. The first kappa shape index (κ1) is 29.9. The minimum atomic E-state index is -4.28. The zero-order valence-electron chi connectivity index (χ0n) is 21.9. The molecule has 4 rings (SSSR count). The molecule has 17 heteroatoms. The Morgan fingerprint density at radius 1 is 1.38 bits per heavy atom. The molecule has 2 aromatic heterocycles. The Bertz CT molecular complexity index is 1390. The number of alkyl halides is 2. The summed E-state index contributed by atoms with van der Waals surface area (Å²) in [6.07, 6.45) is -2.95. The van der Waals surface area contributed by atoms with Crippen LogP contribution in [0, 0.1) is 0 Å². The smallest absolute Gasteiger partial charge is 0.459 e. The summed E-state index contributed by atoms with van der Waals surface area (Å²) >= 11 is 6.59. The summed E-state index contributed by atoms with van der Waals surface area (Å²) in [6, 6.07) is 7.01. The van der Waals surface area contributed by atoms with Gasteiger partial charge in [-0.1, -0.05) is 18.2 Å². The molecule has 1 aliphatic heterocycles. The third kappa shape index (κ3) is 5.99. The number of anilines is 2. The Labute approximate surface area is 233 Å². The quantitative estimate of drug-likeness (QED) is 0.135. The van der Waals surface area contributed by atoms with Crippen LogP contribution < -0.4 is 20.7 Å². The van der Waals surface area contributed by atoms with Crippen LogP contribution in [-0.2, 0) is 23.4 Å². The van der Waals surface area contributed by atoms with Crippen molar-refractivity contribution in [3.8, 4) is 5.75 Å². The number of rotatable bonds is 12. The number of aliphatic hydroxyl groups excluding tert-OH is 1. The number of nitrogens with zero attached hydrogens (tertiary/aromatic N) is 4. The standard InChI is InChI=1S/C23H30ClFN7O7P/c1-4-36-20(34)13(2)31-40(35,39-14-8-6-5-7-9-14)37-10-15-17(33)23(24,11-25)21(38-15)32-12-28-16-18(27-3)29-22(26)30-19(16)32/h5-9,12-13,15,17,21,33H,4,10-11H2,1-3H3,(H,31,35)(H3,26,27,29,30)/t13-,15-,17-,21-,23-,40-/m1/s1. The number of esters is 1. The van der Waals surface area contributed by atoms with Crippen molar-refractivity contribution in [1.82, 2.24) is 24.6 Å². The van der Waals surface area contributed by atoms with E-state index in [0.717, 1.165) is 0 Å². The first-order valence-corrected chi connectivity index (χ1v) is 14.2. The normalized spacial score (nSPS) is 24.9. The van der Waals surface area contributed by atoms with Gasteiger partial charge in [0.2, 0.25) is 5.95 Å². The number of ether oxygens (including phenoxy) is 2. The second kappa shape index (κ2) is 12.2. The molecule has 40 heavy (non-hydrogen) atoms. The maximum atomic E-state index is 14.4. The molecule has 14 nitrogen and oxygen atoms in total. The van der Waals surface area contributed by atoms with Crippen LogP contribution in [0.25, 0.3) is 11.2 Å². The highest BCUT2D eigenvalue weighted by Crippen LogP contribution is 2.49. The van der Waals surface area contributed by atoms with Crippen LogP contribution in [0.4, 0.5) is 16.2 Å². The molecule has 3 aromatic rings. The predicted octanol–water partition coefficient (Wildman–Crippen LogP) is 2.40. The van der Waals surface area contributed by atoms with Gasteiger partial charge in [0, 0.05) is 7.05 Å². The van der Waals surface area contributed by atoms with Gasteiger partial charge in [0.05, 0.1) is 19.5 Å². The number of aromatic nitrogens is 4. The van der Waals surface area contributed by atoms with Gasteiger partial charge in [-0.05, 0) is 26.0 Å². The number of nitrogens with two attached hydrogens (primary N) is 1. The van der Waals surface area contributed by atoms with Crippen molar-refractivity contribution in [2.24, 2.45) is 0 Å². The van der Waals surface area contributed by atoms with Crippen molar-refractivity contribution in [3.05, 3.63) is 36.7 Å². The highest BCUT2D eigenvalue weighted by atomic mass is 35.5. The van der Waals surface area contributed by atoms with Gasteiger partial charge >= 0.3 is 13.7 Å². The summed E-state index contributed by atoms with van der Waals surface area (Å²) in [5.74, 6) is -0.274. The van der Waals surface area contributed by atoms with Crippen molar-refractivity contribution >= 4 is 48.2 Å². The largest absolute Gasteiger partial charge is 0.465 e. The molecule has 0 spiro atoms. The molecular weight excluding hydrogens is 572 g/mol. The van der Waals surface area contributed by atoms with Crippen LogP contribution in [0.2, 0.25) is 0 Å². The van der Waals surface area contributed by atoms with Crippen molar-refractivity contribution < 1.29 is 37.4 Å². The van der Waals surface area contributed by atoms with Gasteiger partial charge in [0.25, 0.3) is 0 Å². The molecule has 218 valence electrons. The molecule has 0 radical (unpaired) electrons. The fourth-order valence-corrected chi connectivity index (χ4v) is 5.90. The van der Waals surface area contributed by atoms with Crippen molar-refractivity contribution in [2.75, 3.05) is 38.0 Å². The van der Waals surface area contributed by atoms with Crippen LogP contribution in [0.15, 0.2) is 36.7 Å². The van der Waals surface area contributed by atoms with Gasteiger partial charge in [-0.2, -0.15) is 15.1 Å². The van der Waals surface area contributed by atoms with Gasteiger partial charge in [-0.25, -0.2) is 13.9 Å². The number of aliphatic hydroxyl groups is 1. The number of carbonyl (C=O) groups excluding carboxylic acids is 1. The average molecular weight is 602 g/mol. The zero-order valence-corrected chi connectivity index (χ0v) is 23.5. The van der Waals surface area contributed by atoms with Crippen LogP contribution in [0.3, 0.4) is 0 Å². The van der Waals surface area contributed by atoms with Crippen molar-refractivity contribution in [3.63, 3.8) is 0 Å². The topological polar surface area (TPSA) is 185 Å². The number of para-hydroxylation sites is 1. The van der Waals surface area contributed by atoms with E-state index in [1.165, 1.54) is 30.0 Å². The molecule has 0 aliphatic carbocycles. The monoisotopic (exact) mass is 601 g/mol. The third-order valence-electron chi connectivity index (χ3n) is 6.06. The maximum Gasteiger partial charge on any atom is 0.459 e. The molecule has 1 aromatic carbocycles. The Hall–Kier alpha value is -3.07. The molecule has 3 heterocycles. The first-order chi connectivity index (χ1) is 19.0. The van der Waals surface area contributed by atoms with E-state index in [2.05, 4.69) is 25.4 Å². The number of hydrogen-bond donors (Lipinski definition) is 4. The third-order valence-corrected chi connectivity index (χ3v) is 8.22. The summed E-state index contributed by atoms with van der Waals surface area (Å²) in [4.78, 5) is 22.7. The van der Waals surface area contributed by atoms with Crippen LogP contribution in [-0.4, -0.2) is 80.7 Å². The van der Waals surface area contributed by atoms with Crippen molar-refractivity contribution in [2.45, 2.75) is 43.2 Å². The number of nitrogen functional groups attached to an aromatic ring is 1. The maximum absolute atomic E-state index is 14.4. The van der Waals surface area contributed by atoms with E-state index < -0.39 is 56.3 Å². The van der Waals surface area contributed by atoms with Gasteiger partial charge < -0.3 is 30.2 Å². The summed E-state index contributed by atoms with van der Waals surface area (Å²) in [7, 11) is -2.67. The number of benzene rings is 1. The SMILES string of the molecule is CCOC(=O)[C@@H](C)N[P@@](=O)(OC[C@H]1O[C@@H](n2cnc3c(NC)nc(N)nc32)[C@@](Cl)(CF)[C@@H]1O)Oc1ccccc1. The fraction of sp³-hybridized carbons (Fsp3) is 0.478. The van der Waals surface area contributed by atoms with E-state index in [1.807, 2.05) is 0 Å². The highest BCUT2D eigenvalue weighted by molar-refractivity contribution is 7.52. The van der Waals surface area contributed by atoms with Gasteiger partial charge in [0.15, 0.2) is 23.2 Å². The first-order valence-electron chi connectivity index (χ1n) is 12.2. The van der Waals surface area contributed by atoms with Gasteiger partial charge in [0.1, 0.15) is 35.5 Å². The number of imidazole rings is 1. The molecular formula is C23H30ClFN7O7P. The molecule has 5 N–H and O–H groups in total. The lowest BCUT2D eigenvalue weighted by atomic mass is 10.0. The number of nitrogens with one attached hydrogen (secondary N) is 2. The minimum absolute atomic E-state index is 0.0850. The minimum Gasteiger partial charge on any atom is -0.465 e. The van der Waals surface area contributed by atoms with E-state index in [-0.39, 0.29) is 24.0 Å². The number of hydrogen-bond acceptors (Lipinski definition) is 12. The summed E-state index contributed by atoms with van der Waals surface area (Å²) in [5.41, 5.74) is 6.30. The lowest BCUT2D eigenvalue weighted by Crippen LogP contribution is -2.44. The van der Waals surface area contributed by atoms with Gasteiger partial charge in [-0.15, -0.1) is 11.6 Å². The summed E-state index contributed by atoms with van der Waals surface area (Å²) in [6.45, 7) is 1.37. The van der Waals surface area contributed by atoms with Crippen molar-refractivity contribution in [1.29, 1.82) is 0 Å². The van der Waals surface area contributed by atoms with Gasteiger partial charge in [-0.3, -0.25) is 13.9 Å². The number of carbonyl (C=O) groups is 1. The van der Waals surface area contributed by atoms with E-state index >= 15 is 0 Å². The Morgan fingerprint density at radius 3 is 2.75 bits per heavy atom. The average Bonchev–Trinajstić information content (AvgIpc) is 3.46. The van der Waals surface area contributed by atoms with Crippen LogP contribution in [0.5, 0.6) is 5.75 Å². The Balaban J connectivity index is 1.59. The van der Waals surface area contributed by atoms with E-state index in [4.69, 9.17) is 35.9 Å². The second-order valence-corrected chi connectivity index (χ2v) is 11.2. The molecule has 0 bridgehead atoms. The summed E-state index contributed by atoms with van der Waals surface area (Å²) in [5, 5.41) is 16.4. The molecule has 1 saturated heterocycles. The Kier molecular flexibility index (Phi) is 9.12. The molecule has 1 aliphatic rings. The highest BCUT2D eigenvalue weighted by Gasteiger charge is 2.57. The number of halogens is 2. The molecule has 6 atom stereocenters. The fourth-order valence-electron chi connectivity index (χ4n) is 4.10. The van der Waals surface area contributed by atoms with Crippen LogP contribution in [0.1, 0.15) is 20.1 Å².